The number of aromatic nitrogens is 1. The summed E-state index contributed by atoms with van der Waals surface area (Å²) in [6.45, 7) is 2.19. The maximum atomic E-state index is 4.45. The summed E-state index contributed by atoms with van der Waals surface area (Å²) in [5, 5.41) is 0. The summed E-state index contributed by atoms with van der Waals surface area (Å²) in [6.07, 6.45) is 2.14. The number of hydrogen-bond donors (Lipinski definition) is 0. The number of benzene rings is 1. The second kappa shape index (κ2) is 3.77. The molecule has 0 N–H and O–H groups in total. The lowest BCUT2D eigenvalue weighted by Crippen LogP contribution is -2.35. The summed E-state index contributed by atoms with van der Waals surface area (Å²) < 4.78 is 0. The van der Waals surface area contributed by atoms with E-state index >= 15 is 0 Å². The van der Waals surface area contributed by atoms with Gasteiger partial charge in [-0.3, -0.25) is 0 Å². The van der Waals surface area contributed by atoms with E-state index in [0.29, 0.717) is 6.17 Å². The number of para-hydroxylation sites is 1. The molecule has 0 unspecified atom stereocenters. The zero-order valence-corrected chi connectivity index (χ0v) is 10.0. The van der Waals surface area contributed by atoms with E-state index in [1.54, 1.807) is 0 Å². The lowest BCUT2D eigenvalue weighted by molar-refractivity contribution is 0.729. The molecule has 2 heterocycles. The van der Waals surface area contributed by atoms with E-state index in [0.717, 1.165) is 5.82 Å². The molecule has 1 aromatic heterocycles. The fourth-order valence-electron chi connectivity index (χ4n) is 2.34. The van der Waals surface area contributed by atoms with Gasteiger partial charge in [0.1, 0.15) is 6.17 Å². The molecule has 0 fully saturated rings. The second-order valence-corrected chi connectivity index (χ2v) is 4.29. The smallest absolute Gasteiger partial charge is 0.153 e. The average Bonchev–Trinajstić information content (AvgIpc) is 2.64. The van der Waals surface area contributed by atoms with E-state index in [-0.39, 0.29) is 0 Å². The Morgan fingerprint density at radius 1 is 1.06 bits per heavy atom. The Balaban J connectivity index is 2.13. The first-order valence-corrected chi connectivity index (χ1v) is 5.81. The first-order chi connectivity index (χ1) is 8.29. The minimum absolute atomic E-state index is 0.294. The van der Waals surface area contributed by atoms with Crippen molar-refractivity contribution in [3.05, 3.63) is 48.7 Å². The Hall–Kier alpha value is -2.03. The Labute approximate surface area is 101 Å². The van der Waals surface area contributed by atoms with E-state index in [1.165, 1.54) is 11.4 Å². The maximum absolute atomic E-state index is 4.45. The SMILES string of the molecule is C[C@H]1N(C)c2ncccc2N1c1ccccc1. The first-order valence-electron chi connectivity index (χ1n) is 5.81. The lowest BCUT2D eigenvalue weighted by Gasteiger charge is -2.27. The molecule has 0 saturated heterocycles. The van der Waals surface area contributed by atoms with Crippen molar-refractivity contribution in [2.24, 2.45) is 0 Å². The van der Waals surface area contributed by atoms with E-state index in [1.807, 2.05) is 18.3 Å². The third kappa shape index (κ3) is 1.46. The molecule has 0 amide bonds. The molecule has 2 aromatic rings. The summed E-state index contributed by atoms with van der Waals surface area (Å²) in [5.41, 5.74) is 2.38. The third-order valence-electron chi connectivity index (χ3n) is 3.33. The Bertz CT molecular complexity index is 524. The highest BCUT2D eigenvalue weighted by Gasteiger charge is 2.31. The van der Waals surface area contributed by atoms with Gasteiger partial charge in [-0.05, 0) is 31.2 Å². The van der Waals surface area contributed by atoms with Gasteiger partial charge in [-0.1, -0.05) is 18.2 Å². The van der Waals surface area contributed by atoms with Gasteiger partial charge in [-0.15, -0.1) is 0 Å². The minimum atomic E-state index is 0.294. The highest BCUT2D eigenvalue weighted by molar-refractivity contribution is 5.80. The van der Waals surface area contributed by atoms with Gasteiger partial charge in [-0.2, -0.15) is 0 Å². The Morgan fingerprint density at radius 3 is 2.59 bits per heavy atom. The minimum Gasteiger partial charge on any atom is -0.337 e. The molecule has 0 aliphatic carbocycles. The summed E-state index contributed by atoms with van der Waals surface area (Å²) in [4.78, 5) is 8.96. The molecule has 86 valence electrons. The molecule has 3 rings (SSSR count). The van der Waals surface area contributed by atoms with Crippen LogP contribution in [0.5, 0.6) is 0 Å². The molecule has 0 saturated carbocycles. The van der Waals surface area contributed by atoms with E-state index in [2.05, 4.69) is 59.1 Å². The molecule has 0 radical (unpaired) electrons. The highest BCUT2D eigenvalue weighted by atomic mass is 15.4. The van der Waals surface area contributed by atoms with E-state index < -0.39 is 0 Å². The van der Waals surface area contributed by atoms with Crippen molar-refractivity contribution in [3.8, 4) is 0 Å². The van der Waals surface area contributed by atoms with Gasteiger partial charge in [0.25, 0.3) is 0 Å². The van der Waals surface area contributed by atoms with Gasteiger partial charge in [0.2, 0.25) is 0 Å². The summed E-state index contributed by atoms with van der Waals surface area (Å²) in [6, 6.07) is 14.5. The van der Waals surface area contributed by atoms with Gasteiger partial charge >= 0.3 is 0 Å². The van der Waals surface area contributed by atoms with E-state index in [4.69, 9.17) is 0 Å². The van der Waals surface area contributed by atoms with Crippen LogP contribution >= 0.6 is 0 Å². The van der Waals surface area contributed by atoms with Crippen LogP contribution in [0.1, 0.15) is 6.92 Å². The van der Waals surface area contributed by atoms with Gasteiger partial charge in [-0.25, -0.2) is 4.98 Å². The second-order valence-electron chi connectivity index (χ2n) is 4.29. The fraction of sp³-hybridized carbons (Fsp3) is 0.214. The van der Waals surface area contributed by atoms with Crippen LogP contribution in [-0.2, 0) is 0 Å². The molecule has 1 aromatic carbocycles. The largest absolute Gasteiger partial charge is 0.337 e. The number of hydrogen-bond acceptors (Lipinski definition) is 3. The van der Waals surface area contributed by atoms with Crippen molar-refractivity contribution < 1.29 is 0 Å². The van der Waals surface area contributed by atoms with Crippen molar-refractivity contribution in [3.63, 3.8) is 0 Å². The van der Waals surface area contributed by atoms with Gasteiger partial charge < -0.3 is 9.80 Å². The van der Waals surface area contributed by atoms with Crippen LogP contribution in [0.2, 0.25) is 0 Å². The molecule has 1 aliphatic heterocycles. The Morgan fingerprint density at radius 2 is 1.82 bits per heavy atom. The standard InChI is InChI=1S/C14H15N3/c1-11-16(2)14-13(9-6-10-15-14)17(11)12-7-4-3-5-8-12/h3-11H,1-2H3/t11-/m0/s1. The molecule has 0 spiro atoms. The molecule has 3 heteroatoms. The monoisotopic (exact) mass is 225 g/mol. The predicted octanol–water partition coefficient (Wildman–Crippen LogP) is 3.02. The first kappa shape index (κ1) is 10.1. The zero-order chi connectivity index (χ0) is 11.8. The van der Waals surface area contributed by atoms with Crippen molar-refractivity contribution >= 4 is 17.2 Å². The van der Waals surface area contributed by atoms with Gasteiger partial charge in [0, 0.05) is 18.9 Å². The maximum Gasteiger partial charge on any atom is 0.153 e. The number of rotatable bonds is 1. The van der Waals surface area contributed by atoms with Gasteiger partial charge in [0.05, 0.1) is 5.69 Å². The fourth-order valence-corrected chi connectivity index (χ4v) is 2.34. The van der Waals surface area contributed by atoms with Crippen molar-refractivity contribution in [2.45, 2.75) is 13.1 Å². The molecule has 1 aliphatic rings. The molecule has 1 atom stereocenters. The van der Waals surface area contributed by atoms with Crippen LogP contribution in [-0.4, -0.2) is 18.2 Å². The number of nitrogens with zero attached hydrogens (tertiary/aromatic N) is 3. The van der Waals surface area contributed by atoms with Gasteiger partial charge in [0.15, 0.2) is 5.82 Å². The lowest BCUT2D eigenvalue weighted by atomic mass is 10.2. The van der Waals surface area contributed by atoms with Crippen molar-refractivity contribution in [1.82, 2.24) is 4.98 Å². The molecular weight excluding hydrogens is 210 g/mol. The van der Waals surface area contributed by atoms with E-state index in [9.17, 15) is 0 Å². The van der Waals surface area contributed by atoms with Crippen LogP contribution in [0.15, 0.2) is 48.7 Å². The average molecular weight is 225 g/mol. The van der Waals surface area contributed by atoms with Crippen LogP contribution in [0.3, 0.4) is 0 Å². The summed E-state index contributed by atoms with van der Waals surface area (Å²) >= 11 is 0. The highest BCUT2D eigenvalue weighted by Crippen LogP contribution is 2.41. The topological polar surface area (TPSA) is 19.4 Å². The predicted molar refractivity (Wildman–Crippen MR) is 70.7 cm³/mol. The van der Waals surface area contributed by atoms with Crippen LogP contribution in [0.25, 0.3) is 0 Å². The summed E-state index contributed by atoms with van der Waals surface area (Å²) in [5.74, 6) is 1.05. The summed E-state index contributed by atoms with van der Waals surface area (Å²) in [7, 11) is 2.08. The molecule has 0 bridgehead atoms. The van der Waals surface area contributed by atoms with Crippen LogP contribution in [0, 0.1) is 0 Å². The molecule has 3 nitrogen and oxygen atoms in total. The van der Waals surface area contributed by atoms with Crippen LogP contribution < -0.4 is 9.80 Å². The quantitative estimate of drug-likeness (QED) is 0.743. The van der Waals surface area contributed by atoms with Crippen LogP contribution in [0.4, 0.5) is 17.2 Å². The molecule has 17 heavy (non-hydrogen) atoms. The van der Waals surface area contributed by atoms with Crippen molar-refractivity contribution in [2.75, 3.05) is 16.8 Å². The number of pyridine rings is 1. The number of anilines is 3. The zero-order valence-electron chi connectivity index (χ0n) is 10.0. The third-order valence-corrected chi connectivity index (χ3v) is 3.33. The van der Waals surface area contributed by atoms with Crippen molar-refractivity contribution in [1.29, 1.82) is 0 Å². The normalized spacial score (nSPS) is 18.4. The number of fused-ring (bicyclic) bond motifs is 1. The Kier molecular flexibility index (Phi) is 2.25. The molecular formula is C14H15N3.